The van der Waals surface area contributed by atoms with Crippen molar-refractivity contribution in [3.63, 3.8) is 0 Å². The number of aromatic nitrogens is 3. The van der Waals surface area contributed by atoms with E-state index in [0.717, 1.165) is 34.9 Å². The zero-order chi connectivity index (χ0) is 18.4. The molecule has 1 aromatic heterocycles. The van der Waals surface area contributed by atoms with Crippen LogP contribution < -0.4 is 15.9 Å². The first-order valence-electron chi connectivity index (χ1n) is 8.56. The Morgan fingerprint density at radius 3 is 2.96 bits per heavy atom. The van der Waals surface area contributed by atoms with Crippen molar-refractivity contribution in [2.24, 2.45) is 5.10 Å². The van der Waals surface area contributed by atoms with Crippen LogP contribution in [-0.2, 0) is 0 Å². The smallest absolute Gasteiger partial charge is 0.363 e. The monoisotopic (exact) mass is 351 g/mol. The van der Waals surface area contributed by atoms with E-state index in [1.165, 1.54) is 0 Å². The van der Waals surface area contributed by atoms with E-state index in [2.05, 4.69) is 32.6 Å². The highest BCUT2D eigenvalue weighted by Gasteiger charge is 2.07. The van der Waals surface area contributed by atoms with Gasteiger partial charge in [-0.3, -0.25) is 5.43 Å². The number of benzene rings is 2. The van der Waals surface area contributed by atoms with E-state index < -0.39 is 5.69 Å². The van der Waals surface area contributed by atoms with Gasteiger partial charge in [-0.2, -0.15) is 15.2 Å². The molecule has 0 aliphatic heterocycles. The fraction of sp³-hybridized carbons (Fsp3) is 0.263. The van der Waals surface area contributed by atoms with Crippen LogP contribution in [0.5, 0.6) is 5.75 Å². The first-order chi connectivity index (χ1) is 12.7. The number of rotatable bonds is 7. The molecular formula is C19H21N5O2. The van der Waals surface area contributed by atoms with Gasteiger partial charge in [0.1, 0.15) is 11.4 Å². The van der Waals surface area contributed by atoms with Crippen molar-refractivity contribution in [3.05, 3.63) is 58.1 Å². The van der Waals surface area contributed by atoms with Gasteiger partial charge in [-0.1, -0.05) is 43.7 Å². The summed E-state index contributed by atoms with van der Waals surface area (Å²) in [6.07, 6.45) is 3.74. The molecule has 0 saturated carbocycles. The van der Waals surface area contributed by atoms with E-state index in [1.807, 2.05) is 36.4 Å². The average molecular weight is 351 g/mol. The molecule has 0 spiro atoms. The normalized spacial score (nSPS) is 11.2. The average Bonchev–Trinajstić information content (AvgIpc) is 2.66. The van der Waals surface area contributed by atoms with E-state index in [9.17, 15) is 4.79 Å². The van der Waals surface area contributed by atoms with Crippen LogP contribution in [0.2, 0.25) is 0 Å². The fourth-order valence-electron chi connectivity index (χ4n) is 2.52. The lowest BCUT2D eigenvalue weighted by Crippen LogP contribution is -2.15. The number of unbranched alkanes of at least 4 members (excludes halogenated alkanes) is 1. The van der Waals surface area contributed by atoms with Crippen molar-refractivity contribution in [2.45, 2.75) is 26.7 Å². The molecule has 0 radical (unpaired) electrons. The highest BCUT2D eigenvalue weighted by Crippen LogP contribution is 2.27. The number of nitrogens with zero attached hydrogens (tertiary/aromatic N) is 3. The predicted molar refractivity (Wildman–Crippen MR) is 103 cm³/mol. The lowest BCUT2D eigenvalue weighted by molar-refractivity contribution is 0.309. The Hall–Kier alpha value is -3.22. The molecule has 2 aromatic carbocycles. The van der Waals surface area contributed by atoms with Gasteiger partial charge in [0, 0.05) is 5.56 Å². The van der Waals surface area contributed by atoms with Gasteiger partial charge in [-0.05, 0) is 30.2 Å². The molecule has 0 amide bonds. The van der Waals surface area contributed by atoms with Gasteiger partial charge in [-0.15, -0.1) is 0 Å². The number of fused-ring (bicyclic) bond motifs is 1. The molecule has 7 heteroatoms. The zero-order valence-electron chi connectivity index (χ0n) is 14.8. The number of aryl methyl sites for hydroxylation is 1. The number of hydrogen-bond donors (Lipinski definition) is 2. The van der Waals surface area contributed by atoms with Crippen molar-refractivity contribution in [2.75, 3.05) is 12.0 Å². The van der Waals surface area contributed by atoms with E-state index in [1.54, 1.807) is 13.1 Å². The molecule has 134 valence electrons. The van der Waals surface area contributed by atoms with Crippen LogP contribution in [0.15, 0.2) is 46.3 Å². The quantitative estimate of drug-likeness (QED) is 0.387. The molecule has 2 N–H and O–H groups in total. The summed E-state index contributed by atoms with van der Waals surface area (Å²) in [5.41, 5.74) is 3.69. The van der Waals surface area contributed by atoms with Gasteiger partial charge in [0.15, 0.2) is 5.82 Å². The minimum absolute atomic E-state index is 0.318. The van der Waals surface area contributed by atoms with Crippen LogP contribution in [0, 0.1) is 6.92 Å². The summed E-state index contributed by atoms with van der Waals surface area (Å²) in [5.74, 6) is 1.09. The minimum atomic E-state index is -0.526. The zero-order valence-corrected chi connectivity index (χ0v) is 14.8. The van der Waals surface area contributed by atoms with Crippen LogP contribution >= 0.6 is 0 Å². The third kappa shape index (κ3) is 4.05. The number of anilines is 1. The van der Waals surface area contributed by atoms with E-state index in [0.29, 0.717) is 18.1 Å². The first-order valence-corrected chi connectivity index (χ1v) is 8.56. The minimum Gasteiger partial charge on any atom is -0.493 e. The number of aromatic amines is 1. The Balaban J connectivity index is 1.92. The summed E-state index contributed by atoms with van der Waals surface area (Å²) in [6.45, 7) is 4.51. The molecule has 3 aromatic rings. The van der Waals surface area contributed by atoms with Crippen LogP contribution in [0.3, 0.4) is 0 Å². The Kier molecular flexibility index (Phi) is 5.58. The lowest BCUT2D eigenvalue weighted by atomic mass is 10.0. The van der Waals surface area contributed by atoms with Gasteiger partial charge < -0.3 is 4.74 Å². The maximum Gasteiger partial charge on any atom is 0.363 e. The molecule has 0 bridgehead atoms. The van der Waals surface area contributed by atoms with Crippen molar-refractivity contribution >= 4 is 22.8 Å². The number of H-pyrrole nitrogens is 1. The molecule has 0 saturated heterocycles. The molecule has 0 aliphatic carbocycles. The fourth-order valence-corrected chi connectivity index (χ4v) is 2.52. The van der Waals surface area contributed by atoms with Crippen LogP contribution in [0.1, 0.15) is 31.0 Å². The summed E-state index contributed by atoms with van der Waals surface area (Å²) in [4.78, 5) is 15.1. The van der Waals surface area contributed by atoms with Gasteiger partial charge in [0.2, 0.25) is 0 Å². The van der Waals surface area contributed by atoms with Crippen LogP contribution in [-0.4, -0.2) is 28.0 Å². The molecule has 0 fully saturated rings. The Bertz CT molecular complexity index is 981. The van der Waals surface area contributed by atoms with Gasteiger partial charge in [0.25, 0.3) is 0 Å². The highest BCUT2D eigenvalue weighted by molar-refractivity contribution is 6.02. The summed E-state index contributed by atoms with van der Waals surface area (Å²) >= 11 is 0. The number of hydrogen-bond acceptors (Lipinski definition) is 6. The molecule has 0 aliphatic rings. The SMILES string of the molecule is CCCCOc1ccc2ccccc2c1/C=N/Nc1nc(=O)[nH]nc1C. The highest BCUT2D eigenvalue weighted by atomic mass is 16.5. The number of hydrazone groups is 1. The first kappa shape index (κ1) is 17.6. The molecule has 7 nitrogen and oxygen atoms in total. The van der Waals surface area contributed by atoms with E-state index >= 15 is 0 Å². The van der Waals surface area contributed by atoms with Crippen molar-refractivity contribution in [3.8, 4) is 5.75 Å². The molecule has 26 heavy (non-hydrogen) atoms. The second-order valence-electron chi connectivity index (χ2n) is 5.85. The lowest BCUT2D eigenvalue weighted by Gasteiger charge is -2.11. The third-order valence-corrected chi connectivity index (χ3v) is 3.93. The molecular weight excluding hydrogens is 330 g/mol. The maximum absolute atomic E-state index is 11.3. The second-order valence-corrected chi connectivity index (χ2v) is 5.85. The van der Waals surface area contributed by atoms with Crippen LogP contribution in [0.25, 0.3) is 10.8 Å². The summed E-state index contributed by atoms with van der Waals surface area (Å²) in [7, 11) is 0. The maximum atomic E-state index is 11.3. The Labute approximate surface area is 151 Å². The summed E-state index contributed by atoms with van der Waals surface area (Å²) in [6, 6.07) is 12.0. The largest absolute Gasteiger partial charge is 0.493 e. The van der Waals surface area contributed by atoms with Gasteiger partial charge in [0.05, 0.1) is 12.8 Å². The molecule has 1 heterocycles. The molecule has 0 unspecified atom stereocenters. The summed E-state index contributed by atoms with van der Waals surface area (Å²) in [5, 5.41) is 12.5. The van der Waals surface area contributed by atoms with Crippen molar-refractivity contribution in [1.82, 2.24) is 15.2 Å². The van der Waals surface area contributed by atoms with Gasteiger partial charge >= 0.3 is 5.69 Å². The Morgan fingerprint density at radius 2 is 2.12 bits per heavy atom. The summed E-state index contributed by atoms with van der Waals surface area (Å²) < 4.78 is 5.93. The number of nitrogens with one attached hydrogen (secondary N) is 2. The molecule has 3 rings (SSSR count). The number of ether oxygens (including phenoxy) is 1. The van der Waals surface area contributed by atoms with Crippen molar-refractivity contribution in [1.29, 1.82) is 0 Å². The standard InChI is InChI=1S/C19H21N5O2/c1-3-4-11-26-17-10-9-14-7-5-6-8-15(14)16(17)12-20-23-18-13(2)22-24-19(25)21-18/h5-10,12H,3-4,11H2,1-2H3,(H2,21,23,24,25)/b20-12+. The van der Waals surface area contributed by atoms with E-state index in [-0.39, 0.29) is 0 Å². The predicted octanol–water partition coefficient (Wildman–Crippen LogP) is 3.25. The van der Waals surface area contributed by atoms with Gasteiger partial charge in [-0.25, -0.2) is 9.89 Å². The second kappa shape index (κ2) is 8.24. The third-order valence-electron chi connectivity index (χ3n) is 3.93. The van der Waals surface area contributed by atoms with Crippen LogP contribution in [0.4, 0.5) is 5.82 Å². The van der Waals surface area contributed by atoms with E-state index in [4.69, 9.17) is 4.74 Å². The van der Waals surface area contributed by atoms with Crippen molar-refractivity contribution < 1.29 is 4.74 Å². The topological polar surface area (TPSA) is 92.3 Å². The molecule has 0 atom stereocenters. The Morgan fingerprint density at radius 1 is 1.27 bits per heavy atom.